The van der Waals surface area contributed by atoms with Crippen molar-refractivity contribution in [3.8, 4) is 0 Å². The first-order valence-electron chi connectivity index (χ1n) is 5.51. The number of hydrogen-bond donors (Lipinski definition) is 3. The van der Waals surface area contributed by atoms with Crippen molar-refractivity contribution in [2.24, 2.45) is 5.73 Å². The van der Waals surface area contributed by atoms with Crippen LogP contribution in [0.3, 0.4) is 0 Å². The van der Waals surface area contributed by atoms with Gasteiger partial charge in [-0.1, -0.05) is 0 Å². The molecule has 8 nitrogen and oxygen atoms in total. The standard InChI is InChI=1S/C10H19N3O5/c1-3-18-7(2)4-12-10(17)13(5-8(11)14)6-9(15)16/h7H,3-6H2,1-2H3,(H2,11,14)(H,12,17)(H,15,16). The van der Waals surface area contributed by atoms with Gasteiger partial charge in [-0.15, -0.1) is 0 Å². The summed E-state index contributed by atoms with van der Waals surface area (Å²) in [7, 11) is 0. The molecule has 8 heteroatoms. The number of carboxylic acid groups (broad SMARTS) is 1. The Hall–Kier alpha value is -1.83. The van der Waals surface area contributed by atoms with Crippen LogP contribution in [0.25, 0.3) is 0 Å². The minimum Gasteiger partial charge on any atom is -0.480 e. The Balaban J connectivity index is 4.28. The van der Waals surface area contributed by atoms with Crippen LogP contribution in [0.5, 0.6) is 0 Å². The molecule has 0 aromatic carbocycles. The number of primary amides is 1. The van der Waals surface area contributed by atoms with Gasteiger partial charge in [0, 0.05) is 13.2 Å². The second-order valence-corrected chi connectivity index (χ2v) is 3.67. The molecule has 0 aliphatic rings. The lowest BCUT2D eigenvalue weighted by atomic mass is 10.4. The lowest BCUT2D eigenvalue weighted by Gasteiger charge is -2.21. The molecule has 0 bridgehead atoms. The summed E-state index contributed by atoms with van der Waals surface area (Å²) in [6.07, 6.45) is -0.195. The fourth-order valence-electron chi connectivity index (χ4n) is 1.24. The number of amides is 3. The number of hydrogen-bond acceptors (Lipinski definition) is 4. The van der Waals surface area contributed by atoms with Crippen molar-refractivity contribution in [3.63, 3.8) is 0 Å². The number of nitrogens with zero attached hydrogens (tertiary/aromatic N) is 1. The number of ether oxygens (including phenoxy) is 1. The molecule has 0 fully saturated rings. The first-order chi connectivity index (χ1) is 8.36. The van der Waals surface area contributed by atoms with Crippen molar-refractivity contribution in [1.82, 2.24) is 10.2 Å². The number of rotatable bonds is 8. The highest BCUT2D eigenvalue weighted by molar-refractivity contribution is 5.85. The van der Waals surface area contributed by atoms with E-state index in [2.05, 4.69) is 5.32 Å². The maximum atomic E-state index is 11.6. The van der Waals surface area contributed by atoms with E-state index in [0.717, 1.165) is 4.90 Å². The van der Waals surface area contributed by atoms with Crippen molar-refractivity contribution >= 4 is 17.9 Å². The summed E-state index contributed by atoms with van der Waals surface area (Å²) in [5.41, 5.74) is 4.93. The summed E-state index contributed by atoms with van der Waals surface area (Å²) in [5, 5.41) is 11.1. The zero-order valence-electron chi connectivity index (χ0n) is 10.5. The number of aliphatic carboxylic acids is 1. The maximum Gasteiger partial charge on any atom is 0.323 e. The molecular formula is C10H19N3O5. The fourth-order valence-corrected chi connectivity index (χ4v) is 1.24. The molecule has 1 unspecified atom stereocenters. The largest absolute Gasteiger partial charge is 0.480 e. The Kier molecular flexibility index (Phi) is 7.45. The maximum absolute atomic E-state index is 11.6. The Morgan fingerprint density at radius 2 is 2.00 bits per heavy atom. The quantitative estimate of drug-likeness (QED) is 0.517. The Morgan fingerprint density at radius 1 is 1.39 bits per heavy atom. The van der Waals surface area contributed by atoms with Gasteiger partial charge >= 0.3 is 12.0 Å². The van der Waals surface area contributed by atoms with Crippen molar-refractivity contribution in [1.29, 1.82) is 0 Å². The van der Waals surface area contributed by atoms with Gasteiger partial charge in [-0.25, -0.2) is 4.79 Å². The summed E-state index contributed by atoms with van der Waals surface area (Å²) >= 11 is 0. The fraction of sp³-hybridized carbons (Fsp3) is 0.700. The van der Waals surface area contributed by atoms with E-state index < -0.39 is 31.0 Å². The van der Waals surface area contributed by atoms with Crippen LogP contribution in [0.2, 0.25) is 0 Å². The molecular weight excluding hydrogens is 242 g/mol. The molecule has 0 aromatic heterocycles. The third-order valence-corrected chi connectivity index (χ3v) is 1.95. The third-order valence-electron chi connectivity index (χ3n) is 1.95. The number of urea groups is 1. The molecule has 0 radical (unpaired) electrons. The minimum absolute atomic E-state index is 0.195. The van der Waals surface area contributed by atoms with E-state index in [4.69, 9.17) is 15.6 Å². The lowest BCUT2D eigenvalue weighted by molar-refractivity contribution is -0.137. The molecule has 0 rings (SSSR count). The zero-order valence-corrected chi connectivity index (χ0v) is 10.5. The van der Waals surface area contributed by atoms with E-state index in [1.165, 1.54) is 0 Å². The number of carboxylic acids is 1. The molecule has 0 saturated heterocycles. The second-order valence-electron chi connectivity index (χ2n) is 3.67. The molecule has 0 heterocycles. The molecule has 0 spiro atoms. The Bertz CT molecular complexity index is 292. The normalized spacial score (nSPS) is 11.7. The van der Waals surface area contributed by atoms with Crippen molar-refractivity contribution in [2.75, 3.05) is 26.2 Å². The summed E-state index contributed by atoms with van der Waals surface area (Å²) < 4.78 is 5.19. The van der Waals surface area contributed by atoms with E-state index >= 15 is 0 Å². The molecule has 0 aromatic rings. The molecule has 4 N–H and O–H groups in total. The molecule has 3 amide bonds. The predicted molar refractivity (Wildman–Crippen MR) is 62.9 cm³/mol. The molecule has 18 heavy (non-hydrogen) atoms. The monoisotopic (exact) mass is 261 g/mol. The summed E-state index contributed by atoms with van der Waals surface area (Å²) in [5.74, 6) is -1.99. The van der Waals surface area contributed by atoms with Gasteiger partial charge in [-0.3, -0.25) is 9.59 Å². The SMILES string of the molecule is CCOC(C)CNC(=O)N(CC(N)=O)CC(=O)O. The molecule has 1 atom stereocenters. The van der Waals surface area contributed by atoms with E-state index in [1.54, 1.807) is 6.92 Å². The van der Waals surface area contributed by atoms with Gasteiger partial charge in [0.25, 0.3) is 0 Å². The van der Waals surface area contributed by atoms with Gasteiger partial charge in [-0.05, 0) is 13.8 Å². The second kappa shape index (κ2) is 8.29. The summed E-state index contributed by atoms with van der Waals surface area (Å²) in [6.45, 7) is 3.29. The predicted octanol–water partition coefficient (Wildman–Crippen LogP) is -1.01. The summed E-state index contributed by atoms with van der Waals surface area (Å²) in [4.78, 5) is 33.7. The molecule has 0 aliphatic heterocycles. The van der Waals surface area contributed by atoms with Crippen molar-refractivity contribution in [3.05, 3.63) is 0 Å². The van der Waals surface area contributed by atoms with Gasteiger partial charge in [-0.2, -0.15) is 0 Å². The highest BCUT2D eigenvalue weighted by Crippen LogP contribution is 1.92. The molecule has 0 saturated carbocycles. The van der Waals surface area contributed by atoms with E-state index in [-0.39, 0.29) is 12.6 Å². The average molecular weight is 261 g/mol. The van der Waals surface area contributed by atoms with Crippen molar-refractivity contribution in [2.45, 2.75) is 20.0 Å². The van der Waals surface area contributed by atoms with Crippen molar-refractivity contribution < 1.29 is 24.2 Å². The first-order valence-corrected chi connectivity index (χ1v) is 5.51. The van der Waals surface area contributed by atoms with Crippen LogP contribution in [-0.4, -0.2) is 60.3 Å². The van der Waals surface area contributed by atoms with Crippen LogP contribution < -0.4 is 11.1 Å². The van der Waals surface area contributed by atoms with E-state index in [9.17, 15) is 14.4 Å². The van der Waals surface area contributed by atoms with Crippen LogP contribution in [0.1, 0.15) is 13.8 Å². The van der Waals surface area contributed by atoms with Crippen LogP contribution in [0, 0.1) is 0 Å². The Morgan fingerprint density at radius 3 is 2.44 bits per heavy atom. The van der Waals surface area contributed by atoms with Crippen LogP contribution in [-0.2, 0) is 14.3 Å². The van der Waals surface area contributed by atoms with E-state index in [0.29, 0.717) is 6.61 Å². The van der Waals surface area contributed by atoms with Gasteiger partial charge in [0.15, 0.2) is 0 Å². The van der Waals surface area contributed by atoms with E-state index in [1.807, 2.05) is 6.92 Å². The van der Waals surface area contributed by atoms with Crippen LogP contribution >= 0.6 is 0 Å². The van der Waals surface area contributed by atoms with Gasteiger partial charge < -0.3 is 25.8 Å². The topological polar surface area (TPSA) is 122 Å². The third kappa shape index (κ3) is 7.44. The number of carbonyl (C=O) groups excluding carboxylic acids is 2. The number of carbonyl (C=O) groups is 3. The first kappa shape index (κ1) is 16.2. The molecule has 0 aliphatic carbocycles. The van der Waals surface area contributed by atoms with Crippen LogP contribution in [0.15, 0.2) is 0 Å². The van der Waals surface area contributed by atoms with Crippen LogP contribution in [0.4, 0.5) is 4.79 Å². The highest BCUT2D eigenvalue weighted by Gasteiger charge is 2.18. The smallest absolute Gasteiger partial charge is 0.323 e. The van der Waals surface area contributed by atoms with Gasteiger partial charge in [0.2, 0.25) is 5.91 Å². The number of nitrogens with two attached hydrogens (primary N) is 1. The highest BCUT2D eigenvalue weighted by atomic mass is 16.5. The molecule has 104 valence electrons. The number of nitrogens with one attached hydrogen (secondary N) is 1. The zero-order chi connectivity index (χ0) is 14.1. The van der Waals surface area contributed by atoms with Gasteiger partial charge in [0.05, 0.1) is 6.10 Å². The Labute approximate surface area is 105 Å². The lowest BCUT2D eigenvalue weighted by Crippen LogP contribution is -2.48. The average Bonchev–Trinajstić information content (AvgIpc) is 2.24. The van der Waals surface area contributed by atoms with Gasteiger partial charge in [0.1, 0.15) is 13.1 Å². The summed E-state index contributed by atoms with van der Waals surface area (Å²) in [6, 6.07) is -0.664. The minimum atomic E-state index is -1.22.